The topological polar surface area (TPSA) is 49.7 Å². The van der Waals surface area contributed by atoms with Crippen LogP contribution < -0.4 is 4.74 Å². The number of hydrogen-bond donors (Lipinski definition) is 2. The van der Waals surface area contributed by atoms with Crippen LogP contribution in [-0.4, -0.2) is 10.2 Å². The van der Waals surface area contributed by atoms with E-state index in [1.165, 1.54) is 12.1 Å². The molecule has 3 heteroatoms. The maximum atomic E-state index is 9.32. The average Bonchev–Trinajstić information content (AvgIpc) is 2.35. The van der Waals surface area contributed by atoms with Crippen LogP contribution in [0.4, 0.5) is 0 Å². The molecule has 0 spiro atoms. The van der Waals surface area contributed by atoms with Gasteiger partial charge in [0, 0.05) is 6.07 Å². The molecule has 2 rings (SSSR count). The van der Waals surface area contributed by atoms with Crippen molar-refractivity contribution in [3.63, 3.8) is 0 Å². The van der Waals surface area contributed by atoms with Crippen LogP contribution in [-0.2, 0) is 0 Å². The summed E-state index contributed by atoms with van der Waals surface area (Å²) in [6.45, 7) is 3.66. The van der Waals surface area contributed by atoms with Gasteiger partial charge in [-0.1, -0.05) is 24.8 Å². The normalized spacial score (nSPS) is 9.88. The van der Waals surface area contributed by atoms with Crippen molar-refractivity contribution in [2.24, 2.45) is 0 Å². The van der Waals surface area contributed by atoms with Gasteiger partial charge in [-0.15, -0.1) is 0 Å². The first-order chi connectivity index (χ1) is 8.19. The number of benzene rings is 2. The van der Waals surface area contributed by atoms with Gasteiger partial charge in [0.1, 0.15) is 11.5 Å². The molecule has 0 radical (unpaired) electrons. The summed E-state index contributed by atoms with van der Waals surface area (Å²) >= 11 is 0. The van der Waals surface area contributed by atoms with Gasteiger partial charge in [-0.2, -0.15) is 0 Å². The molecule has 3 nitrogen and oxygen atoms in total. The lowest BCUT2D eigenvalue weighted by molar-refractivity contribution is 0.398. The highest BCUT2D eigenvalue weighted by Crippen LogP contribution is 2.31. The van der Waals surface area contributed by atoms with Gasteiger partial charge in [0.25, 0.3) is 0 Å². The van der Waals surface area contributed by atoms with Gasteiger partial charge in [-0.05, 0) is 29.8 Å². The largest absolute Gasteiger partial charge is 0.504 e. The molecule has 2 aromatic carbocycles. The van der Waals surface area contributed by atoms with Gasteiger partial charge in [-0.3, -0.25) is 0 Å². The minimum Gasteiger partial charge on any atom is -0.504 e. The molecule has 0 aliphatic carbocycles. The third kappa shape index (κ3) is 2.58. The van der Waals surface area contributed by atoms with Gasteiger partial charge >= 0.3 is 0 Å². The molecule has 0 amide bonds. The molecule has 0 saturated carbocycles. The van der Waals surface area contributed by atoms with Gasteiger partial charge < -0.3 is 14.9 Å². The summed E-state index contributed by atoms with van der Waals surface area (Å²) in [7, 11) is 0. The van der Waals surface area contributed by atoms with E-state index in [0.29, 0.717) is 11.5 Å². The fraction of sp³-hybridized carbons (Fsp3) is 0. The van der Waals surface area contributed by atoms with E-state index in [0.717, 1.165) is 5.56 Å². The molecule has 0 heterocycles. The van der Waals surface area contributed by atoms with Crippen LogP contribution in [0.5, 0.6) is 23.0 Å². The monoisotopic (exact) mass is 228 g/mol. The number of hydrogen-bond acceptors (Lipinski definition) is 3. The van der Waals surface area contributed by atoms with E-state index < -0.39 is 0 Å². The Balaban J connectivity index is 2.19. The molecule has 0 aromatic heterocycles. The predicted octanol–water partition coefficient (Wildman–Crippen LogP) is 3.53. The molecule has 0 unspecified atom stereocenters. The van der Waals surface area contributed by atoms with Crippen molar-refractivity contribution < 1.29 is 14.9 Å². The molecule has 0 aliphatic rings. The maximum absolute atomic E-state index is 9.32. The Kier molecular flexibility index (Phi) is 3.01. The highest BCUT2D eigenvalue weighted by atomic mass is 16.5. The van der Waals surface area contributed by atoms with Crippen LogP contribution in [0.3, 0.4) is 0 Å². The number of phenols is 2. The van der Waals surface area contributed by atoms with Crippen molar-refractivity contribution in [2.75, 3.05) is 0 Å². The SMILES string of the molecule is C=Cc1ccc(Oc2ccc(O)c(O)c2)cc1. The molecule has 86 valence electrons. The molecule has 0 bridgehead atoms. The number of ether oxygens (including phenoxy) is 1. The van der Waals surface area contributed by atoms with E-state index in [1.54, 1.807) is 24.3 Å². The van der Waals surface area contributed by atoms with Crippen molar-refractivity contribution >= 4 is 6.08 Å². The fourth-order valence-corrected chi connectivity index (χ4v) is 1.37. The van der Waals surface area contributed by atoms with Crippen LogP contribution in [0.1, 0.15) is 5.56 Å². The van der Waals surface area contributed by atoms with E-state index >= 15 is 0 Å². The van der Waals surface area contributed by atoms with E-state index in [1.807, 2.05) is 12.1 Å². The van der Waals surface area contributed by atoms with E-state index in [-0.39, 0.29) is 11.5 Å². The molecule has 0 saturated heterocycles. The summed E-state index contributed by atoms with van der Waals surface area (Å²) < 4.78 is 5.51. The summed E-state index contributed by atoms with van der Waals surface area (Å²) in [5, 5.41) is 18.5. The molecular formula is C14H12O3. The quantitative estimate of drug-likeness (QED) is 0.790. The Morgan fingerprint density at radius 3 is 2.12 bits per heavy atom. The van der Waals surface area contributed by atoms with E-state index in [9.17, 15) is 5.11 Å². The van der Waals surface area contributed by atoms with Crippen molar-refractivity contribution in [3.05, 3.63) is 54.6 Å². The third-order valence-electron chi connectivity index (χ3n) is 2.30. The van der Waals surface area contributed by atoms with Crippen molar-refractivity contribution in [1.29, 1.82) is 0 Å². The molecule has 0 fully saturated rings. The molecule has 0 atom stereocenters. The second-order valence-corrected chi connectivity index (χ2v) is 3.53. The summed E-state index contributed by atoms with van der Waals surface area (Å²) in [6.07, 6.45) is 1.75. The molecule has 0 aliphatic heterocycles. The van der Waals surface area contributed by atoms with E-state index in [4.69, 9.17) is 9.84 Å². The van der Waals surface area contributed by atoms with Crippen LogP contribution in [0.25, 0.3) is 6.08 Å². The zero-order valence-electron chi connectivity index (χ0n) is 9.13. The summed E-state index contributed by atoms with van der Waals surface area (Å²) in [6, 6.07) is 11.7. The first-order valence-electron chi connectivity index (χ1n) is 5.11. The molecule has 2 N–H and O–H groups in total. The van der Waals surface area contributed by atoms with Crippen LogP contribution in [0.2, 0.25) is 0 Å². The highest BCUT2D eigenvalue weighted by Gasteiger charge is 2.02. The maximum Gasteiger partial charge on any atom is 0.161 e. The van der Waals surface area contributed by atoms with Crippen LogP contribution >= 0.6 is 0 Å². The molecule has 2 aromatic rings. The number of rotatable bonds is 3. The van der Waals surface area contributed by atoms with E-state index in [2.05, 4.69) is 6.58 Å². The Morgan fingerprint density at radius 2 is 1.53 bits per heavy atom. The van der Waals surface area contributed by atoms with Crippen LogP contribution in [0, 0.1) is 0 Å². The van der Waals surface area contributed by atoms with Gasteiger partial charge in [-0.25, -0.2) is 0 Å². The predicted molar refractivity (Wildman–Crippen MR) is 66.4 cm³/mol. The summed E-state index contributed by atoms with van der Waals surface area (Å²) in [4.78, 5) is 0. The fourth-order valence-electron chi connectivity index (χ4n) is 1.37. The second kappa shape index (κ2) is 4.61. The van der Waals surface area contributed by atoms with Gasteiger partial charge in [0.2, 0.25) is 0 Å². The second-order valence-electron chi connectivity index (χ2n) is 3.53. The smallest absolute Gasteiger partial charge is 0.161 e. The Labute approximate surface area is 99.2 Å². The zero-order chi connectivity index (χ0) is 12.3. The molecular weight excluding hydrogens is 216 g/mol. The van der Waals surface area contributed by atoms with Crippen molar-refractivity contribution in [2.45, 2.75) is 0 Å². The average molecular weight is 228 g/mol. The zero-order valence-corrected chi connectivity index (χ0v) is 9.13. The first kappa shape index (κ1) is 11.1. The Hall–Kier alpha value is -2.42. The lowest BCUT2D eigenvalue weighted by Crippen LogP contribution is -1.84. The lowest BCUT2D eigenvalue weighted by atomic mass is 10.2. The number of aromatic hydroxyl groups is 2. The third-order valence-corrected chi connectivity index (χ3v) is 2.30. The Morgan fingerprint density at radius 1 is 0.882 bits per heavy atom. The van der Waals surface area contributed by atoms with Crippen molar-refractivity contribution in [3.8, 4) is 23.0 Å². The molecule has 17 heavy (non-hydrogen) atoms. The summed E-state index contributed by atoms with van der Waals surface area (Å²) in [5.41, 5.74) is 1.01. The summed E-state index contributed by atoms with van der Waals surface area (Å²) in [5.74, 6) is 0.747. The van der Waals surface area contributed by atoms with Crippen molar-refractivity contribution in [1.82, 2.24) is 0 Å². The first-order valence-corrected chi connectivity index (χ1v) is 5.11. The standard InChI is InChI=1S/C14H12O3/c1-2-10-3-5-11(6-4-10)17-12-7-8-13(15)14(16)9-12/h2-9,15-16H,1H2. The van der Waals surface area contributed by atoms with Gasteiger partial charge in [0.15, 0.2) is 11.5 Å². The minimum absolute atomic E-state index is 0.167. The Bertz CT molecular complexity index is 530. The number of phenolic OH excluding ortho intramolecular Hbond substituents is 2. The lowest BCUT2D eigenvalue weighted by Gasteiger charge is -2.06. The van der Waals surface area contributed by atoms with Crippen LogP contribution in [0.15, 0.2) is 49.0 Å². The minimum atomic E-state index is -0.204. The van der Waals surface area contributed by atoms with Gasteiger partial charge in [0.05, 0.1) is 0 Å². The highest BCUT2D eigenvalue weighted by molar-refractivity contribution is 5.49.